The molecule has 1 N–H and O–H groups in total. The van der Waals surface area contributed by atoms with Crippen LogP contribution in [0.1, 0.15) is 50.1 Å². The van der Waals surface area contributed by atoms with Crippen molar-refractivity contribution in [1.82, 2.24) is 28.7 Å². The lowest BCUT2D eigenvalue weighted by molar-refractivity contribution is 0.515. The zero-order valence-corrected chi connectivity index (χ0v) is 21.2. The summed E-state index contributed by atoms with van der Waals surface area (Å²) in [4.78, 5) is 28.7. The first-order valence-electron chi connectivity index (χ1n) is 12.7. The molecule has 3 aromatic heterocycles. The number of hydrogen-bond donors (Lipinski definition) is 1. The molecule has 0 amide bonds. The molecule has 6 rings (SSSR count). The summed E-state index contributed by atoms with van der Waals surface area (Å²) in [5, 5.41) is 9.03. The van der Waals surface area contributed by atoms with E-state index in [0.29, 0.717) is 11.2 Å². The summed E-state index contributed by atoms with van der Waals surface area (Å²) in [5.41, 5.74) is 3.83. The summed E-state index contributed by atoms with van der Waals surface area (Å²) in [7, 11) is 0. The van der Waals surface area contributed by atoms with E-state index < -0.39 is 0 Å². The molecule has 186 valence electrons. The Hall–Kier alpha value is -3.40. The summed E-state index contributed by atoms with van der Waals surface area (Å²) >= 11 is 1.75. The van der Waals surface area contributed by atoms with E-state index in [1.807, 2.05) is 21.8 Å². The average molecular weight is 503 g/mol. The van der Waals surface area contributed by atoms with Gasteiger partial charge in [0, 0.05) is 53.4 Å². The highest BCUT2D eigenvalue weighted by Gasteiger charge is 2.22. The van der Waals surface area contributed by atoms with Crippen LogP contribution in [0.25, 0.3) is 11.0 Å². The maximum Gasteiger partial charge on any atom is 0.252 e. The lowest BCUT2D eigenvalue weighted by atomic mass is 10.1. The molecular weight excluding hydrogens is 472 g/mol. The fourth-order valence-corrected chi connectivity index (χ4v) is 6.29. The highest BCUT2D eigenvalue weighted by atomic mass is 32.2. The monoisotopic (exact) mass is 502 g/mol. The number of nitrogens with one attached hydrogen (secondary N) is 1. The molecule has 1 saturated heterocycles. The molecule has 0 spiro atoms. The van der Waals surface area contributed by atoms with Gasteiger partial charge < -0.3 is 10.2 Å². The number of benzene rings is 1. The second kappa shape index (κ2) is 9.93. The van der Waals surface area contributed by atoms with Crippen molar-refractivity contribution in [3.8, 4) is 0 Å². The highest BCUT2D eigenvalue weighted by Crippen LogP contribution is 2.32. The first-order chi connectivity index (χ1) is 17.6. The van der Waals surface area contributed by atoms with Gasteiger partial charge in [-0.25, -0.2) is 9.97 Å². The van der Waals surface area contributed by atoms with Crippen molar-refractivity contribution in [3.63, 3.8) is 0 Å². The fraction of sp³-hybridized carbons (Fsp3) is 0.423. The second-order valence-corrected chi connectivity index (χ2v) is 10.9. The first kappa shape index (κ1) is 23.0. The summed E-state index contributed by atoms with van der Waals surface area (Å²) in [6, 6.07) is 10.4. The topological polar surface area (TPSA) is 93.8 Å². The molecule has 1 aliphatic carbocycles. The van der Waals surface area contributed by atoms with Gasteiger partial charge in [-0.3, -0.25) is 9.36 Å². The Morgan fingerprint density at radius 3 is 2.56 bits per heavy atom. The Balaban J connectivity index is 1.16. The van der Waals surface area contributed by atoms with Crippen molar-refractivity contribution in [3.05, 3.63) is 65.1 Å². The molecule has 0 unspecified atom stereocenters. The van der Waals surface area contributed by atoms with Gasteiger partial charge in [0.15, 0.2) is 0 Å². The summed E-state index contributed by atoms with van der Waals surface area (Å²) in [6.45, 7) is 3.99. The van der Waals surface area contributed by atoms with E-state index in [0.717, 1.165) is 73.9 Å². The molecule has 0 radical (unpaired) electrons. The smallest absolute Gasteiger partial charge is 0.252 e. The molecule has 1 aromatic carbocycles. The molecule has 9 nitrogen and oxygen atoms in total. The van der Waals surface area contributed by atoms with Gasteiger partial charge in [0.05, 0.1) is 0 Å². The van der Waals surface area contributed by atoms with Gasteiger partial charge >= 0.3 is 0 Å². The Bertz CT molecular complexity index is 1390. The zero-order valence-electron chi connectivity index (χ0n) is 20.4. The number of pyridine rings is 1. The van der Waals surface area contributed by atoms with Crippen molar-refractivity contribution in [2.24, 2.45) is 0 Å². The third-order valence-electron chi connectivity index (χ3n) is 7.27. The predicted molar refractivity (Wildman–Crippen MR) is 144 cm³/mol. The maximum atomic E-state index is 12.9. The number of aromatic nitrogens is 6. The lowest BCUT2D eigenvalue weighted by Gasteiger charge is -2.33. The number of anilines is 3. The van der Waals surface area contributed by atoms with E-state index in [1.54, 1.807) is 30.7 Å². The van der Waals surface area contributed by atoms with Gasteiger partial charge in [-0.05, 0) is 74.4 Å². The molecular formula is C26H30N8OS. The van der Waals surface area contributed by atoms with Crippen LogP contribution in [-0.2, 0) is 0 Å². The lowest BCUT2D eigenvalue weighted by Crippen LogP contribution is -2.35. The Morgan fingerprint density at radius 1 is 1.06 bits per heavy atom. The van der Waals surface area contributed by atoms with Crippen LogP contribution in [0.4, 0.5) is 17.3 Å². The number of rotatable bonds is 6. The molecule has 2 aliphatic rings. The number of piperidine rings is 1. The molecule has 4 heterocycles. The van der Waals surface area contributed by atoms with Gasteiger partial charge in [-0.15, -0.1) is 5.10 Å². The predicted octanol–water partition coefficient (Wildman–Crippen LogP) is 4.72. The summed E-state index contributed by atoms with van der Waals surface area (Å²) < 4.78 is 3.74. The molecule has 2 fully saturated rings. The van der Waals surface area contributed by atoms with Gasteiger partial charge in [0.25, 0.3) is 5.56 Å². The minimum absolute atomic E-state index is 0.0318. The van der Waals surface area contributed by atoms with Crippen LogP contribution in [-0.4, -0.2) is 47.0 Å². The van der Waals surface area contributed by atoms with Crippen LogP contribution in [0.5, 0.6) is 0 Å². The minimum Gasteiger partial charge on any atom is -0.371 e. The van der Waals surface area contributed by atoms with Crippen molar-refractivity contribution in [1.29, 1.82) is 0 Å². The normalized spacial score (nSPS) is 17.2. The molecule has 1 aliphatic heterocycles. The van der Waals surface area contributed by atoms with Gasteiger partial charge in [-0.1, -0.05) is 12.8 Å². The van der Waals surface area contributed by atoms with E-state index >= 15 is 0 Å². The summed E-state index contributed by atoms with van der Waals surface area (Å²) in [5.74, 6) is 0.512. The second-order valence-electron chi connectivity index (χ2n) is 9.67. The number of aryl methyl sites for hydroxylation is 1. The Labute approximate surface area is 214 Å². The number of nitrogens with zero attached hydrogens (tertiary/aromatic N) is 7. The van der Waals surface area contributed by atoms with E-state index in [4.69, 9.17) is 4.98 Å². The first-order valence-corrected chi connectivity index (χ1v) is 13.5. The third-order valence-corrected chi connectivity index (χ3v) is 8.45. The molecule has 36 heavy (non-hydrogen) atoms. The molecule has 0 bridgehead atoms. The van der Waals surface area contributed by atoms with Crippen molar-refractivity contribution in [2.45, 2.75) is 56.7 Å². The standard InChI is InChI=1S/C26H30N8OS/c1-18-14-24(35)34(21-4-2-3-5-21)25-23(18)15-28-26(31-25)30-19-6-8-20(9-7-19)32-12-10-22(11-13-32)36-33-17-27-16-29-33/h6-9,14-17,21-22H,2-5,10-13H2,1H3,(H,28,30,31). The van der Waals surface area contributed by atoms with Crippen molar-refractivity contribution < 1.29 is 0 Å². The Kier molecular flexibility index (Phi) is 6.35. The largest absolute Gasteiger partial charge is 0.371 e. The van der Waals surface area contributed by atoms with Crippen LogP contribution >= 0.6 is 11.9 Å². The van der Waals surface area contributed by atoms with Crippen LogP contribution in [0.2, 0.25) is 0 Å². The number of fused-ring (bicyclic) bond motifs is 1. The molecule has 1 saturated carbocycles. The van der Waals surface area contributed by atoms with Crippen molar-refractivity contribution >= 4 is 40.3 Å². The average Bonchev–Trinajstić information content (AvgIpc) is 3.60. The van der Waals surface area contributed by atoms with Crippen molar-refractivity contribution in [2.75, 3.05) is 23.3 Å². The van der Waals surface area contributed by atoms with Gasteiger partial charge in [-0.2, -0.15) is 9.07 Å². The van der Waals surface area contributed by atoms with E-state index in [1.165, 1.54) is 5.69 Å². The van der Waals surface area contributed by atoms with E-state index in [9.17, 15) is 4.79 Å². The van der Waals surface area contributed by atoms with Gasteiger partial charge in [0.2, 0.25) is 5.95 Å². The molecule has 0 atom stereocenters. The van der Waals surface area contributed by atoms with E-state index in [-0.39, 0.29) is 11.6 Å². The fourth-order valence-electron chi connectivity index (χ4n) is 5.36. The minimum atomic E-state index is 0.0318. The zero-order chi connectivity index (χ0) is 24.5. The number of hydrogen-bond acceptors (Lipinski definition) is 8. The van der Waals surface area contributed by atoms with Crippen LogP contribution < -0.4 is 15.8 Å². The van der Waals surface area contributed by atoms with Crippen LogP contribution in [0, 0.1) is 6.92 Å². The van der Waals surface area contributed by atoms with E-state index in [2.05, 4.69) is 49.5 Å². The summed E-state index contributed by atoms with van der Waals surface area (Å²) in [6.07, 6.45) is 11.8. The maximum absolute atomic E-state index is 12.9. The SMILES string of the molecule is Cc1cc(=O)n(C2CCCC2)c2nc(Nc3ccc(N4CCC(Sn5cncn5)CC4)cc3)ncc12. The Morgan fingerprint density at radius 2 is 1.83 bits per heavy atom. The van der Waals surface area contributed by atoms with Crippen LogP contribution in [0.3, 0.4) is 0 Å². The molecule has 10 heteroatoms. The van der Waals surface area contributed by atoms with Gasteiger partial charge in [0.1, 0.15) is 18.3 Å². The highest BCUT2D eigenvalue weighted by molar-refractivity contribution is 7.98. The molecule has 4 aromatic rings. The quantitative estimate of drug-likeness (QED) is 0.405. The van der Waals surface area contributed by atoms with Crippen LogP contribution in [0.15, 0.2) is 54.0 Å². The third kappa shape index (κ3) is 4.69.